The fourth-order valence-electron chi connectivity index (χ4n) is 3.64. The van der Waals surface area contributed by atoms with Crippen LogP contribution in [0.2, 0.25) is 0 Å². The topological polar surface area (TPSA) is 118 Å². The molecule has 0 aliphatic carbocycles. The Bertz CT molecular complexity index is 1030. The van der Waals surface area contributed by atoms with Crippen molar-refractivity contribution in [1.82, 2.24) is 15.4 Å². The Morgan fingerprint density at radius 1 is 1.19 bits per heavy atom. The quantitative estimate of drug-likeness (QED) is 0.538. The lowest BCUT2D eigenvalue weighted by Gasteiger charge is -2.35. The summed E-state index contributed by atoms with van der Waals surface area (Å²) in [6.45, 7) is 0.618. The Labute approximate surface area is 184 Å². The van der Waals surface area contributed by atoms with Gasteiger partial charge in [-0.05, 0) is 38.3 Å². The number of Topliss-reactive ketones (excluding diaryl/α,β-unsaturated/α-hetero) is 1. The Kier molecular flexibility index (Phi) is 7.33. The molecule has 174 valence electrons. The smallest absolute Gasteiger partial charge is 0.245 e. The molecule has 11 heteroatoms. The number of sulfone groups is 1. The third-order valence-electron chi connectivity index (χ3n) is 5.55. The number of hydrogen-bond acceptors (Lipinski definition) is 8. The molecule has 32 heavy (non-hydrogen) atoms. The first-order valence-electron chi connectivity index (χ1n) is 10.1. The molecule has 8 nitrogen and oxygen atoms in total. The minimum Gasteiger partial charge on any atom is -0.381 e. The van der Waals surface area contributed by atoms with E-state index in [1.165, 1.54) is 24.5 Å². The Hall–Kier alpha value is -2.34. The summed E-state index contributed by atoms with van der Waals surface area (Å²) in [6.07, 6.45) is 2.64. The van der Waals surface area contributed by atoms with Gasteiger partial charge in [0, 0.05) is 31.4 Å². The highest BCUT2D eigenvalue weighted by molar-refractivity contribution is 7.93. The standard InChI is InChI=1S/C21H25F2N3O5S/c1-20(22,23)7-6-16-12-25-18(13-24-16)15-2-4-17(5-3-15)32(29,30)21(19(27)14-26-28)8-10-31-11-9-21/h2-5,12-13,26,28H,6-11,14H2,1H3. The molecule has 0 unspecified atom stereocenters. The van der Waals surface area contributed by atoms with Crippen LogP contribution in [-0.2, 0) is 25.8 Å². The molecule has 0 amide bonds. The number of halogens is 2. The summed E-state index contributed by atoms with van der Waals surface area (Å²) in [7, 11) is -4.06. The molecule has 1 aromatic carbocycles. The maximum atomic E-state index is 13.4. The number of ether oxygens (including phenoxy) is 1. The van der Waals surface area contributed by atoms with Gasteiger partial charge in [0.2, 0.25) is 5.92 Å². The fourth-order valence-corrected chi connectivity index (χ4v) is 5.66. The first-order chi connectivity index (χ1) is 15.1. The van der Waals surface area contributed by atoms with Gasteiger partial charge in [0.25, 0.3) is 0 Å². The maximum Gasteiger partial charge on any atom is 0.245 e. The van der Waals surface area contributed by atoms with Gasteiger partial charge in [-0.2, -0.15) is 5.48 Å². The zero-order valence-electron chi connectivity index (χ0n) is 17.6. The van der Waals surface area contributed by atoms with Crippen LogP contribution in [0.3, 0.4) is 0 Å². The lowest BCUT2D eigenvalue weighted by Crippen LogP contribution is -2.53. The first kappa shape index (κ1) is 24.3. The Morgan fingerprint density at radius 2 is 1.84 bits per heavy atom. The predicted molar refractivity (Wildman–Crippen MR) is 111 cm³/mol. The Balaban J connectivity index is 1.83. The second-order valence-electron chi connectivity index (χ2n) is 7.86. The second kappa shape index (κ2) is 9.65. The number of aryl methyl sites for hydroxylation is 1. The monoisotopic (exact) mass is 469 g/mol. The number of carbonyl (C=O) groups excluding carboxylic acids is 1. The van der Waals surface area contributed by atoms with Crippen LogP contribution in [-0.4, -0.2) is 59.8 Å². The van der Waals surface area contributed by atoms with Crippen LogP contribution in [0.15, 0.2) is 41.6 Å². The molecule has 0 spiro atoms. The molecule has 1 saturated heterocycles. The van der Waals surface area contributed by atoms with Gasteiger partial charge < -0.3 is 9.94 Å². The third-order valence-corrected chi connectivity index (χ3v) is 8.11. The molecule has 2 N–H and O–H groups in total. The largest absolute Gasteiger partial charge is 0.381 e. The van der Waals surface area contributed by atoms with Crippen molar-refractivity contribution in [3.05, 3.63) is 42.4 Å². The van der Waals surface area contributed by atoms with E-state index in [0.29, 0.717) is 17.0 Å². The van der Waals surface area contributed by atoms with Gasteiger partial charge in [-0.25, -0.2) is 17.2 Å². The van der Waals surface area contributed by atoms with Crippen molar-refractivity contribution < 1.29 is 31.9 Å². The molecule has 2 aromatic rings. The van der Waals surface area contributed by atoms with Crippen LogP contribution in [0, 0.1) is 0 Å². The molecule has 1 aliphatic rings. The normalized spacial score (nSPS) is 16.6. The van der Waals surface area contributed by atoms with Crippen LogP contribution < -0.4 is 5.48 Å². The highest BCUT2D eigenvalue weighted by Crippen LogP contribution is 2.36. The molecule has 1 aliphatic heterocycles. The van der Waals surface area contributed by atoms with Gasteiger partial charge in [0.1, 0.15) is 4.75 Å². The van der Waals surface area contributed by atoms with Gasteiger partial charge in [-0.3, -0.25) is 14.8 Å². The molecule has 1 fully saturated rings. The molecule has 2 heterocycles. The number of ketones is 1. The van der Waals surface area contributed by atoms with Gasteiger partial charge >= 0.3 is 0 Å². The van der Waals surface area contributed by atoms with Crippen LogP contribution in [0.5, 0.6) is 0 Å². The fraction of sp³-hybridized carbons (Fsp3) is 0.476. The van der Waals surface area contributed by atoms with Crippen molar-refractivity contribution in [2.45, 2.75) is 48.2 Å². The number of alkyl halides is 2. The van der Waals surface area contributed by atoms with Gasteiger partial charge in [-0.15, -0.1) is 0 Å². The maximum absolute atomic E-state index is 13.4. The number of benzene rings is 1. The molecule has 0 radical (unpaired) electrons. The van der Waals surface area contributed by atoms with Gasteiger partial charge in [0.15, 0.2) is 15.6 Å². The van der Waals surface area contributed by atoms with E-state index in [-0.39, 0.29) is 43.8 Å². The molecule has 0 atom stereocenters. The van der Waals surface area contributed by atoms with Crippen LogP contribution in [0.25, 0.3) is 11.3 Å². The summed E-state index contributed by atoms with van der Waals surface area (Å²) in [4.78, 5) is 21.0. The second-order valence-corrected chi connectivity index (χ2v) is 10.1. The summed E-state index contributed by atoms with van der Waals surface area (Å²) < 4.78 is 56.4. The zero-order chi connectivity index (χ0) is 23.4. The average Bonchev–Trinajstić information content (AvgIpc) is 2.78. The third kappa shape index (κ3) is 5.17. The number of nitrogens with one attached hydrogen (secondary N) is 1. The van der Waals surface area contributed by atoms with E-state index in [1.54, 1.807) is 17.6 Å². The van der Waals surface area contributed by atoms with Crippen molar-refractivity contribution in [1.29, 1.82) is 0 Å². The lowest BCUT2D eigenvalue weighted by molar-refractivity contribution is -0.124. The number of carbonyl (C=O) groups is 1. The highest BCUT2D eigenvalue weighted by Gasteiger charge is 2.51. The van der Waals surface area contributed by atoms with E-state index in [2.05, 4.69) is 9.97 Å². The van der Waals surface area contributed by atoms with Crippen molar-refractivity contribution in [2.75, 3.05) is 19.8 Å². The van der Waals surface area contributed by atoms with Crippen LogP contribution in [0.1, 0.15) is 31.9 Å². The summed E-state index contributed by atoms with van der Waals surface area (Å²) >= 11 is 0. The molecule has 1 aromatic heterocycles. The minimum atomic E-state index is -4.06. The van der Waals surface area contributed by atoms with E-state index in [1.807, 2.05) is 0 Å². The van der Waals surface area contributed by atoms with E-state index in [9.17, 15) is 22.0 Å². The molecule has 3 rings (SSSR count). The average molecular weight is 470 g/mol. The zero-order valence-corrected chi connectivity index (χ0v) is 18.4. The van der Waals surface area contributed by atoms with Gasteiger partial charge in [0.05, 0.1) is 29.0 Å². The van der Waals surface area contributed by atoms with E-state index in [4.69, 9.17) is 9.94 Å². The first-order valence-corrected chi connectivity index (χ1v) is 11.6. The lowest BCUT2D eigenvalue weighted by atomic mass is 9.94. The van der Waals surface area contributed by atoms with Crippen LogP contribution in [0.4, 0.5) is 8.78 Å². The summed E-state index contributed by atoms with van der Waals surface area (Å²) in [6, 6.07) is 5.90. The minimum absolute atomic E-state index is 0.00133. The molecular formula is C21H25F2N3O5S. The Morgan fingerprint density at radius 3 is 2.38 bits per heavy atom. The predicted octanol–water partition coefficient (Wildman–Crippen LogP) is 2.60. The number of hydrogen-bond donors (Lipinski definition) is 2. The van der Waals surface area contributed by atoms with Crippen molar-refractivity contribution in [2.24, 2.45) is 0 Å². The SMILES string of the molecule is CC(F)(F)CCc1cnc(-c2ccc(S(=O)(=O)C3(C(=O)CNO)CCOCC3)cc2)cn1. The van der Waals surface area contributed by atoms with Crippen molar-refractivity contribution in [3.8, 4) is 11.3 Å². The van der Waals surface area contributed by atoms with Gasteiger partial charge in [-0.1, -0.05) is 12.1 Å². The molecular weight excluding hydrogens is 444 g/mol. The van der Waals surface area contributed by atoms with Crippen molar-refractivity contribution >= 4 is 15.6 Å². The van der Waals surface area contributed by atoms with E-state index >= 15 is 0 Å². The number of rotatable bonds is 9. The number of aromatic nitrogens is 2. The van der Waals surface area contributed by atoms with Crippen LogP contribution >= 0.6 is 0 Å². The summed E-state index contributed by atoms with van der Waals surface area (Å²) in [5, 5.41) is 8.93. The summed E-state index contributed by atoms with van der Waals surface area (Å²) in [5.41, 5.74) is 3.24. The number of hydroxylamine groups is 1. The molecule has 0 bridgehead atoms. The summed E-state index contributed by atoms with van der Waals surface area (Å²) in [5.74, 6) is -3.40. The van der Waals surface area contributed by atoms with E-state index < -0.39 is 32.8 Å². The van der Waals surface area contributed by atoms with Crippen molar-refractivity contribution in [3.63, 3.8) is 0 Å². The van der Waals surface area contributed by atoms with E-state index in [0.717, 1.165) is 6.92 Å². The molecule has 0 saturated carbocycles. The number of nitrogens with zero attached hydrogens (tertiary/aromatic N) is 2. The highest BCUT2D eigenvalue weighted by atomic mass is 32.2.